The average Bonchev–Trinajstić information content (AvgIpc) is 3.23. The molecule has 1 N–H and O–H groups in total. The lowest BCUT2D eigenvalue weighted by Gasteiger charge is -2.35. The first-order chi connectivity index (χ1) is 13.0. The topological polar surface area (TPSA) is 84.7 Å². The predicted octanol–water partition coefficient (Wildman–Crippen LogP) is 2.30. The van der Waals surface area contributed by atoms with Crippen LogP contribution in [0.15, 0.2) is 30.5 Å². The van der Waals surface area contributed by atoms with Crippen molar-refractivity contribution in [1.29, 1.82) is 0 Å². The number of aromatic nitrogens is 2. The van der Waals surface area contributed by atoms with Crippen molar-refractivity contribution >= 4 is 11.9 Å². The van der Waals surface area contributed by atoms with E-state index in [4.69, 9.17) is 4.74 Å². The number of carbonyl (C=O) groups excluding carboxylic acids is 1. The van der Waals surface area contributed by atoms with E-state index in [1.54, 1.807) is 15.8 Å². The molecular formula is C20H23N3O4. The van der Waals surface area contributed by atoms with Crippen LogP contribution in [0.25, 0.3) is 0 Å². The molecule has 0 saturated carbocycles. The van der Waals surface area contributed by atoms with Gasteiger partial charge in [0.15, 0.2) is 0 Å². The van der Waals surface area contributed by atoms with Gasteiger partial charge in [-0.05, 0) is 19.4 Å². The fourth-order valence-corrected chi connectivity index (χ4v) is 4.23. The molecule has 2 aliphatic heterocycles. The van der Waals surface area contributed by atoms with Gasteiger partial charge in [-0.1, -0.05) is 25.1 Å². The second-order valence-electron chi connectivity index (χ2n) is 7.42. The first-order valence-corrected chi connectivity index (χ1v) is 9.24. The van der Waals surface area contributed by atoms with Crippen molar-refractivity contribution in [3.63, 3.8) is 0 Å². The number of carboxylic acids is 1. The smallest absolute Gasteiger partial charge is 0.315 e. The third kappa shape index (κ3) is 2.69. The molecule has 4 rings (SSSR count). The molecule has 0 spiro atoms. The van der Waals surface area contributed by atoms with Crippen molar-refractivity contribution in [3.05, 3.63) is 47.3 Å². The van der Waals surface area contributed by atoms with E-state index in [0.29, 0.717) is 23.6 Å². The van der Waals surface area contributed by atoms with Crippen molar-refractivity contribution in [2.45, 2.75) is 32.7 Å². The maximum Gasteiger partial charge on any atom is 0.315 e. The van der Waals surface area contributed by atoms with E-state index in [1.165, 1.54) is 0 Å². The Morgan fingerprint density at radius 1 is 1.37 bits per heavy atom. The number of likely N-dealkylation sites (tertiary alicyclic amines) is 1. The van der Waals surface area contributed by atoms with Gasteiger partial charge in [0.25, 0.3) is 5.91 Å². The first kappa shape index (κ1) is 17.6. The Bertz CT molecular complexity index is 906. The van der Waals surface area contributed by atoms with Crippen LogP contribution in [0.5, 0.6) is 5.75 Å². The van der Waals surface area contributed by atoms with Gasteiger partial charge in [-0.2, -0.15) is 5.10 Å². The summed E-state index contributed by atoms with van der Waals surface area (Å²) in [6, 6.07) is 7.50. The van der Waals surface area contributed by atoms with Crippen LogP contribution in [0.1, 0.15) is 40.9 Å². The van der Waals surface area contributed by atoms with Crippen LogP contribution >= 0.6 is 0 Å². The highest BCUT2D eigenvalue weighted by Crippen LogP contribution is 2.49. The molecule has 2 atom stereocenters. The highest BCUT2D eigenvalue weighted by atomic mass is 16.5. The van der Waals surface area contributed by atoms with Gasteiger partial charge in [0.2, 0.25) is 0 Å². The molecule has 1 fully saturated rings. The largest absolute Gasteiger partial charge is 0.492 e. The molecule has 0 unspecified atom stereocenters. The number of carbonyl (C=O) groups is 2. The predicted molar refractivity (Wildman–Crippen MR) is 97.9 cm³/mol. The summed E-state index contributed by atoms with van der Waals surface area (Å²) in [6.45, 7) is 5.19. The van der Waals surface area contributed by atoms with Gasteiger partial charge in [-0.25, -0.2) is 0 Å². The van der Waals surface area contributed by atoms with Gasteiger partial charge >= 0.3 is 5.97 Å². The zero-order valence-electron chi connectivity index (χ0n) is 15.5. The lowest BCUT2D eigenvalue weighted by Crippen LogP contribution is -2.46. The molecule has 7 heteroatoms. The average molecular weight is 369 g/mol. The molecule has 2 aromatic rings. The van der Waals surface area contributed by atoms with Crippen LogP contribution in [0, 0.1) is 12.3 Å². The van der Waals surface area contributed by atoms with Crippen LogP contribution < -0.4 is 4.74 Å². The normalized spacial score (nSPS) is 23.5. The van der Waals surface area contributed by atoms with E-state index in [-0.39, 0.29) is 25.0 Å². The second kappa shape index (κ2) is 6.40. The minimum absolute atomic E-state index is 0.0713. The van der Waals surface area contributed by atoms with E-state index < -0.39 is 11.4 Å². The number of para-hydroxylation sites is 1. The lowest BCUT2D eigenvalue weighted by atomic mass is 9.73. The first-order valence-electron chi connectivity index (χ1n) is 9.24. The molecule has 1 saturated heterocycles. The molecule has 1 aromatic carbocycles. The molecular weight excluding hydrogens is 346 g/mol. The molecule has 1 aromatic heterocycles. The van der Waals surface area contributed by atoms with Crippen molar-refractivity contribution in [2.24, 2.45) is 5.41 Å². The number of nitrogens with zero attached hydrogens (tertiary/aromatic N) is 3. The fourth-order valence-electron chi connectivity index (χ4n) is 4.23. The number of rotatable bonds is 4. The highest BCUT2D eigenvalue weighted by molar-refractivity contribution is 5.96. The summed E-state index contributed by atoms with van der Waals surface area (Å²) in [5.41, 5.74) is 0.957. The van der Waals surface area contributed by atoms with Gasteiger partial charge < -0.3 is 14.7 Å². The number of carboxylic acid groups (broad SMARTS) is 1. The van der Waals surface area contributed by atoms with Crippen molar-refractivity contribution in [3.8, 4) is 5.75 Å². The molecule has 142 valence electrons. The van der Waals surface area contributed by atoms with Crippen LogP contribution in [0.3, 0.4) is 0 Å². The quantitative estimate of drug-likeness (QED) is 0.894. The number of ether oxygens (including phenoxy) is 1. The summed E-state index contributed by atoms with van der Waals surface area (Å²) in [5, 5.41) is 14.4. The van der Waals surface area contributed by atoms with Crippen LogP contribution in [-0.2, 0) is 11.3 Å². The van der Waals surface area contributed by atoms with Crippen molar-refractivity contribution in [2.75, 3.05) is 19.7 Å². The number of fused-ring (bicyclic) bond motifs is 3. The maximum atomic E-state index is 13.1. The Hall–Kier alpha value is -2.83. The van der Waals surface area contributed by atoms with Crippen LogP contribution in [0.2, 0.25) is 0 Å². The van der Waals surface area contributed by atoms with Gasteiger partial charge in [0, 0.05) is 37.3 Å². The standard InChI is InChI=1S/C20H23N3O4/c1-3-8-23-9-15(13(2)21-23)18(24)22-10-16-14-6-4-5-7-17(14)27-12-20(16,11-22)19(25)26/h4-7,9,16H,3,8,10-12H2,1-2H3,(H,25,26)/t16-,20-/m0/s1. The number of benzene rings is 1. The van der Waals surface area contributed by atoms with Gasteiger partial charge in [0.05, 0.1) is 11.3 Å². The Labute approximate surface area is 157 Å². The third-order valence-electron chi connectivity index (χ3n) is 5.67. The number of amides is 1. The summed E-state index contributed by atoms with van der Waals surface area (Å²) < 4.78 is 7.54. The molecule has 2 aliphatic rings. The Morgan fingerprint density at radius 3 is 2.89 bits per heavy atom. The van der Waals surface area contributed by atoms with Crippen LogP contribution in [0.4, 0.5) is 0 Å². The number of hydrogen-bond acceptors (Lipinski definition) is 4. The summed E-state index contributed by atoms with van der Waals surface area (Å²) >= 11 is 0. The summed E-state index contributed by atoms with van der Waals surface area (Å²) in [4.78, 5) is 27.0. The van der Waals surface area contributed by atoms with Gasteiger partial charge in [-0.15, -0.1) is 0 Å². The highest BCUT2D eigenvalue weighted by Gasteiger charge is 2.57. The number of aryl methyl sites for hydroxylation is 2. The van der Waals surface area contributed by atoms with E-state index >= 15 is 0 Å². The summed E-state index contributed by atoms with van der Waals surface area (Å²) in [6.07, 6.45) is 2.69. The Kier molecular flexibility index (Phi) is 4.17. The van der Waals surface area contributed by atoms with E-state index in [0.717, 1.165) is 18.5 Å². The molecule has 0 radical (unpaired) electrons. The zero-order valence-corrected chi connectivity index (χ0v) is 15.5. The SMILES string of the molecule is CCCn1cc(C(=O)N2C[C@H]3c4ccccc4OC[C@@]3(C(=O)O)C2)c(C)n1. The molecule has 0 aliphatic carbocycles. The lowest BCUT2D eigenvalue weighted by molar-refractivity contribution is -0.151. The fraction of sp³-hybridized carbons (Fsp3) is 0.450. The molecule has 27 heavy (non-hydrogen) atoms. The monoisotopic (exact) mass is 369 g/mol. The van der Waals surface area contributed by atoms with Crippen LogP contribution in [-0.4, -0.2) is 51.4 Å². The van der Waals surface area contributed by atoms with Gasteiger partial charge in [0.1, 0.15) is 17.8 Å². The number of hydrogen-bond donors (Lipinski definition) is 1. The summed E-state index contributed by atoms with van der Waals surface area (Å²) in [5.74, 6) is -0.659. The van der Waals surface area contributed by atoms with Crippen molar-refractivity contribution < 1.29 is 19.4 Å². The minimum atomic E-state index is -1.11. The Balaban J connectivity index is 1.67. The molecule has 3 heterocycles. The summed E-state index contributed by atoms with van der Waals surface area (Å²) in [7, 11) is 0. The third-order valence-corrected chi connectivity index (χ3v) is 5.67. The minimum Gasteiger partial charge on any atom is -0.492 e. The molecule has 1 amide bonds. The van der Waals surface area contributed by atoms with Crippen molar-refractivity contribution in [1.82, 2.24) is 14.7 Å². The van der Waals surface area contributed by atoms with Gasteiger partial charge in [-0.3, -0.25) is 14.3 Å². The Morgan fingerprint density at radius 2 is 2.15 bits per heavy atom. The van der Waals surface area contributed by atoms with E-state index in [9.17, 15) is 14.7 Å². The maximum absolute atomic E-state index is 13.1. The van der Waals surface area contributed by atoms with E-state index in [1.807, 2.05) is 31.2 Å². The molecule has 0 bridgehead atoms. The second-order valence-corrected chi connectivity index (χ2v) is 7.42. The molecule has 7 nitrogen and oxygen atoms in total. The van der Waals surface area contributed by atoms with E-state index in [2.05, 4.69) is 12.0 Å². The zero-order chi connectivity index (χ0) is 19.2. The number of aliphatic carboxylic acids is 1.